The Kier molecular flexibility index (Phi) is 4.11. The van der Waals surface area contributed by atoms with Crippen molar-refractivity contribution in [3.8, 4) is 0 Å². The van der Waals surface area contributed by atoms with Gasteiger partial charge in [0.1, 0.15) is 0 Å². The first kappa shape index (κ1) is 13.5. The highest BCUT2D eigenvalue weighted by Gasteiger charge is 2.08. The first-order valence-electron chi connectivity index (χ1n) is 4.98. The summed E-state index contributed by atoms with van der Waals surface area (Å²) in [4.78, 5) is 0. The van der Waals surface area contributed by atoms with Gasteiger partial charge in [-0.15, -0.1) is 12.4 Å². The molecule has 0 amide bonds. The molecule has 7 heteroatoms. The van der Waals surface area contributed by atoms with Crippen LogP contribution in [0, 0.1) is 12.9 Å². The minimum absolute atomic E-state index is 0. The lowest BCUT2D eigenvalue weighted by Crippen LogP contribution is -2.04. The Labute approximate surface area is 105 Å². The lowest BCUT2D eigenvalue weighted by Gasteiger charge is -2.02. The zero-order valence-electron chi connectivity index (χ0n) is 9.94. The van der Waals surface area contributed by atoms with E-state index in [2.05, 4.69) is 15.5 Å². The van der Waals surface area contributed by atoms with Gasteiger partial charge in [-0.2, -0.15) is 14.6 Å². The summed E-state index contributed by atoms with van der Waals surface area (Å²) in [5, 5.41) is 11.1. The van der Waals surface area contributed by atoms with Gasteiger partial charge in [-0.05, 0) is 6.92 Å². The van der Waals surface area contributed by atoms with Crippen molar-refractivity contribution in [2.24, 2.45) is 14.1 Å². The van der Waals surface area contributed by atoms with E-state index in [9.17, 15) is 4.39 Å². The Morgan fingerprint density at radius 3 is 2.59 bits per heavy atom. The smallest absolute Gasteiger partial charge is 0.216 e. The molecule has 0 unspecified atom stereocenters. The largest absolute Gasteiger partial charge is 0.364 e. The number of anilines is 1. The molecule has 0 fully saturated rings. The van der Waals surface area contributed by atoms with Crippen molar-refractivity contribution < 1.29 is 4.39 Å². The van der Waals surface area contributed by atoms with Gasteiger partial charge in [-0.1, -0.05) is 0 Å². The molecule has 0 aliphatic heterocycles. The summed E-state index contributed by atoms with van der Waals surface area (Å²) in [6, 6.07) is 0. The van der Waals surface area contributed by atoms with Crippen LogP contribution in [0.25, 0.3) is 0 Å². The number of aromatic nitrogens is 4. The Hall–Kier alpha value is -1.56. The van der Waals surface area contributed by atoms with Crippen LogP contribution in [-0.4, -0.2) is 19.6 Å². The monoisotopic (exact) mass is 259 g/mol. The number of aryl methyl sites for hydroxylation is 3. The van der Waals surface area contributed by atoms with Crippen molar-refractivity contribution in [2.75, 3.05) is 5.32 Å². The highest BCUT2D eigenvalue weighted by atomic mass is 35.5. The summed E-state index contributed by atoms with van der Waals surface area (Å²) in [7, 11) is 3.42. The van der Waals surface area contributed by atoms with Gasteiger partial charge in [-0.3, -0.25) is 4.68 Å². The standard InChI is InChI=1S/C10H14FN5.ClH/c1-7-6-15(2)14-10(7)12-4-8-5-13-16(3)9(8)11;/h5-6H,4H2,1-3H3,(H,12,14);1H. The first-order valence-corrected chi connectivity index (χ1v) is 4.98. The average Bonchev–Trinajstić information content (AvgIpc) is 2.70. The summed E-state index contributed by atoms with van der Waals surface area (Å²) in [6.07, 6.45) is 3.42. The maximum atomic E-state index is 13.4. The van der Waals surface area contributed by atoms with Crippen LogP contribution in [-0.2, 0) is 20.6 Å². The van der Waals surface area contributed by atoms with E-state index in [1.165, 1.54) is 10.9 Å². The summed E-state index contributed by atoms with van der Waals surface area (Å²) < 4.78 is 16.3. The van der Waals surface area contributed by atoms with E-state index in [0.717, 1.165) is 11.4 Å². The highest BCUT2D eigenvalue weighted by molar-refractivity contribution is 5.85. The second kappa shape index (κ2) is 5.18. The molecule has 94 valence electrons. The Bertz CT molecular complexity index is 503. The zero-order valence-corrected chi connectivity index (χ0v) is 10.8. The molecule has 0 atom stereocenters. The number of halogens is 2. The quantitative estimate of drug-likeness (QED) is 0.912. The van der Waals surface area contributed by atoms with Gasteiger partial charge in [-0.25, -0.2) is 4.68 Å². The third-order valence-corrected chi connectivity index (χ3v) is 2.39. The van der Waals surface area contributed by atoms with Crippen molar-refractivity contribution >= 4 is 18.2 Å². The van der Waals surface area contributed by atoms with Gasteiger partial charge < -0.3 is 5.32 Å². The van der Waals surface area contributed by atoms with Crippen molar-refractivity contribution in [3.05, 3.63) is 29.5 Å². The normalized spacial score (nSPS) is 10.1. The molecule has 0 bridgehead atoms. The predicted molar refractivity (Wildman–Crippen MR) is 65.7 cm³/mol. The van der Waals surface area contributed by atoms with Gasteiger partial charge in [0, 0.05) is 38.0 Å². The number of nitrogens with zero attached hydrogens (tertiary/aromatic N) is 4. The molecule has 0 aromatic carbocycles. The molecular formula is C10H15ClFN5. The van der Waals surface area contributed by atoms with Crippen LogP contribution in [0.2, 0.25) is 0 Å². The highest BCUT2D eigenvalue weighted by Crippen LogP contribution is 2.13. The van der Waals surface area contributed by atoms with E-state index in [1.54, 1.807) is 11.7 Å². The van der Waals surface area contributed by atoms with Crippen LogP contribution in [0.15, 0.2) is 12.4 Å². The Morgan fingerprint density at radius 1 is 1.41 bits per heavy atom. The van der Waals surface area contributed by atoms with Crippen LogP contribution in [0.4, 0.5) is 10.2 Å². The molecule has 2 aromatic heterocycles. The third-order valence-electron chi connectivity index (χ3n) is 2.39. The molecule has 2 heterocycles. The minimum Gasteiger partial charge on any atom is -0.364 e. The van der Waals surface area contributed by atoms with Crippen LogP contribution in [0.5, 0.6) is 0 Å². The Balaban J connectivity index is 0.00000144. The maximum absolute atomic E-state index is 13.4. The number of nitrogens with one attached hydrogen (secondary N) is 1. The van der Waals surface area contributed by atoms with Crippen LogP contribution in [0.3, 0.4) is 0 Å². The molecule has 0 spiro atoms. The number of rotatable bonds is 3. The minimum atomic E-state index is -0.318. The maximum Gasteiger partial charge on any atom is 0.216 e. The van der Waals surface area contributed by atoms with Crippen molar-refractivity contribution in [3.63, 3.8) is 0 Å². The second-order valence-electron chi connectivity index (χ2n) is 3.77. The van der Waals surface area contributed by atoms with Crippen LogP contribution >= 0.6 is 12.4 Å². The van der Waals surface area contributed by atoms with Crippen LogP contribution < -0.4 is 5.32 Å². The molecule has 5 nitrogen and oxygen atoms in total. The number of hydrogen-bond acceptors (Lipinski definition) is 3. The molecule has 0 aliphatic carbocycles. The molecule has 0 aliphatic rings. The van der Waals surface area contributed by atoms with Crippen molar-refractivity contribution in [1.29, 1.82) is 0 Å². The van der Waals surface area contributed by atoms with Crippen molar-refractivity contribution in [1.82, 2.24) is 19.6 Å². The molecule has 1 N–H and O–H groups in total. The molecule has 0 radical (unpaired) electrons. The molecule has 2 rings (SSSR count). The van der Waals surface area contributed by atoms with E-state index in [-0.39, 0.29) is 18.4 Å². The average molecular weight is 260 g/mol. The lowest BCUT2D eigenvalue weighted by molar-refractivity contribution is 0.496. The molecule has 0 saturated carbocycles. The van der Waals surface area contributed by atoms with E-state index in [4.69, 9.17) is 0 Å². The van der Waals surface area contributed by atoms with E-state index in [1.807, 2.05) is 20.2 Å². The van der Waals surface area contributed by atoms with Gasteiger partial charge in [0.2, 0.25) is 5.95 Å². The van der Waals surface area contributed by atoms with Gasteiger partial charge >= 0.3 is 0 Å². The topological polar surface area (TPSA) is 47.7 Å². The molecule has 0 saturated heterocycles. The lowest BCUT2D eigenvalue weighted by atomic mass is 10.3. The summed E-state index contributed by atoms with van der Waals surface area (Å²) >= 11 is 0. The van der Waals surface area contributed by atoms with Gasteiger partial charge in [0.15, 0.2) is 5.82 Å². The van der Waals surface area contributed by atoms with Crippen molar-refractivity contribution in [2.45, 2.75) is 13.5 Å². The van der Waals surface area contributed by atoms with E-state index >= 15 is 0 Å². The van der Waals surface area contributed by atoms with E-state index < -0.39 is 0 Å². The fourth-order valence-corrected chi connectivity index (χ4v) is 1.55. The molecule has 2 aromatic rings. The SMILES string of the molecule is Cc1cn(C)nc1NCc1cnn(C)c1F.Cl. The fourth-order valence-electron chi connectivity index (χ4n) is 1.55. The van der Waals surface area contributed by atoms with Gasteiger partial charge in [0.05, 0.1) is 6.20 Å². The van der Waals surface area contributed by atoms with Gasteiger partial charge in [0.25, 0.3) is 0 Å². The molecule has 17 heavy (non-hydrogen) atoms. The Morgan fingerprint density at radius 2 is 2.12 bits per heavy atom. The fraction of sp³-hybridized carbons (Fsp3) is 0.400. The summed E-state index contributed by atoms with van der Waals surface area (Å²) in [6.45, 7) is 2.34. The third kappa shape index (κ3) is 2.76. The predicted octanol–water partition coefficient (Wildman–Crippen LogP) is 1.64. The molecular weight excluding hydrogens is 245 g/mol. The van der Waals surface area contributed by atoms with E-state index in [0.29, 0.717) is 12.1 Å². The number of hydrogen-bond donors (Lipinski definition) is 1. The zero-order chi connectivity index (χ0) is 11.7. The first-order chi connectivity index (χ1) is 7.58. The summed E-state index contributed by atoms with van der Waals surface area (Å²) in [5.41, 5.74) is 1.57. The summed E-state index contributed by atoms with van der Waals surface area (Å²) in [5.74, 6) is 0.451. The van der Waals surface area contributed by atoms with Crippen LogP contribution in [0.1, 0.15) is 11.1 Å². The second-order valence-corrected chi connectivity index (χ2v) is 3.77.